The SMILES string of the molecule is Cc1ccc(Nc2cc(S(=O)(=O)O)c(N=Nc3cc(/C=C4\CCC/C(=C\c5ccc(O)c(N=Nc6c(S(=O)(=O)O)cc(Nc7ccc(C)cc7)c7c6C(=O)c6ccccc6C7=O)c5)C4=O)ccc3O)c3c2C(=O)c2ccccc2C3=O)cc1. The first kappa shape index (κ1) is 54.8. The highest BCUT2D eigenvalue weighted by Gasteiger charge is 2.40. The molecule has 0 aliphatic heterocycles. The van der Waals surface area contributed by atoms with E-state index in [-0.39, 0.29) is 61.9 Å². The Hall–Kier alpha value is -10.2. The third kappa shape index (κ3) is 10.6. The van der Waals surface area contributed by atoms with Gasteiger partial charge in [-0.2, -0.15) is 16.8 Å². The molecule has 1 saturated carbocycles. The molecule has 0 amide bonds. The monoisotopic (exact) mass is 1140 g/mol. The van der Waals surface area contributed by atoms with E-state index in [9.17, 15) is 60.1 Å². The number of Topliss-reactive ketones (excluding diaryl/α,β-unsaturated/α-hetero) is 1. The lowest BCUT2D eigenvalue weighted by molar-refractivity contribution is -0.112. The number of hydrogen-bond acceptors (Lipinski definition) is 17. The van der Waals surface area contributed by atoms with Crippen LogP contribution in [-0.4, -0.2) is 65.1 Å². The highest BCUT2D eigenvalue weighted by atomic mass is 32.2. The summed E-state index contributed by atoms with van der Waals surface area (Å²) in [5.41, 5.74) is 0.691. The molecule has 0 spiro atoms. The van der Waals surface area contributed by atoms with Gasteiger partial charge in [-0.1, -0.05) is 96.1 Å². The summed E-state index contributed by atoms with van der Waals surface area (Å²) in [5, 5.41) is 44.6. The molecule has 3 aliphatic rings. The van der Waals surface area contributed by atoms with Crippen LogP contribution in [0.4, 0.5) is 45.5 Å². The Morgan fingerprint density at radius 2 is 0.783 bits per heavy atom. The first-order valence-corrected chi connectivity index (χ1v) is 28.4. The molecule has 0 aromatic heterocycles. The number of carbonyl (C=O) groups excluding carboxylic acids is 5. The Morgan fingerprint density at radius 3 is 1.13 bits per heavy atom. The van der Waals surface area contributed by atoms with Gasteiger partial charge in [0.05, 0.1) is 33.6 Å². The lowest BCUT2D eigenvalue weighted by atomic mass is 9.82. The minimum absolute atomic E-state index is 0.0430. The van der Waals surface area contributed by atoms with Gasteiger partial charge in [-0.25, -0.2) is 0 Å². The predicted octanol–water partition coefficient (Wildman–Crippen LogP) is 13.3. The number of anilines is 4. The summed E-state index contributed by atoms with van der Waals surface area (Å²) in [6, 6.07) is 35.9. The Labute approximate surface area is 473 Å². The highest BCUT2D eigenvalue weighted by Crippen LogP contribution is 2.46. The first-order chi connectivity index (χ1) is 39.6. The van der Waals surface area contributed by atoms with E-state index < -0.39 is 87.2 Å². The second-order valence-corrected chi connectivity index (χ2v) is 22.6. The number of nitrogens with one attached hydrogen (secondary N) is 2. The summed E-state index contributed by atoms with van der Waals surface area (Å²) in [6.07, 6.45) is 4.25. The number of carbonyl (C=O) groups is 5. The van der Waals surface area contributed by atoms with Crippen LogP contribution in [0.3, 0.4) is 0 Å². The van der Waals surface area contributed by atoms with Crippen molar-refractivity contribution in [2.45, 2.75) is 42.9 Å². The van der Waals surface area contributed by atoms with Gasteiger partial charge < -0.3 is 20.8 Å². The number of fused-ring (bicyclic) bond motifs is 4. The fraction of sp³-hybridized carbons (Fsp3) is 0.0806. The van der Waals surface area contributed by atoms with Crippen molar-refractivity contribution in [3.05, 3.63) is 224 Å². The third-order valence-electron chi connectivity index (χ3n) is 14.2. The zero-order valence-electron chi connectivity index (χ0n) is 43.7. The number of azo groups is 2. The number of phenolic OH excluding ortho intramolecular Hbond substituents is 2. The fourth-order valence-electron chi connectivity index (χ4n) is 10.1. The smallest absolute Gasteiger partial charge is 0.296 e. The van der Waals surface area contributed by atoms with Gasteiger partial charge in [0, 0.05) is 44.8 Å². The molecule has 1 fully saturated rings. The summed E-state index contributed by atoms with van der Waals surface area (Å²) >= 11 is 0. The number of ketones is 5. The molecule has 8 aromatic carbocycles. The van der Waals surface area contributed by atoms with Gasteiger partial charge in [0.15, 0.2) is 28.9 Å². The Kier molecular flexibility index (Phi) is 14.1. The number of benzene rings is 8. The van der Waals surface area contributed by atoms with Gasteiger partial charge in [-0.05, 0) is 117 Å². The highest BCUT2D eigenvalue weighted by molar-refractivity contribution is 7.86. The van der Waals surface area contributed by atoms with Crippen molar-refractivity contribution in [1.29, 1.82) is 0 Å². The normalized spacial score (nSPS) is 15.2. The van der Waals surface area contributed by atoms with Crippen LogP contribution in [0.5, 0.6) is 11.5 Å². The maximum atomic E-state index is 14.3. The van der Waals surface area contributed by atoms with Gasteiger partial charge in [0.25, 0.3) is 20.2 Å². The van der Waals surface area contributed by atoms with Gasteiger partial charge >= 0.3 is 0 Å². The van der Waals surface area contributed by atoms with Crippen LogP contribution in [-0.2, 0) is 25.0 Å². The molecule has 83 heavy (non-hydrogen) atoms. The van der Waals surface area contributed by atoms with Crippen molar-refractivity contribution in [1.82, 2.24) is 0 Å². The van der Waals surface area contributed by atoms with E-state index in [0.717, 1.165) is 23.3 Å². The van der Waals surface area contributed by atoms with Crippen molar-refractivity contribution < 1.29 is 60.1 Å². The van der Waals surface area contributed by atoms with Crippen LogP contribution < -0.4 is 10.6 Å². The maximum absolute atomic E-state index is 14.3. The average Bonchev–Trinajstić information content (AvgIpc) is 1.20. The summed E-state index contributed by atoms with van der Waals surface area (Å²) < 4.78 is 73.7. The number of aryl methyl sites for hydroxylation is 2. The molecule has 3 aliphatic carbocycles. The van der Waals surface area contributed by atoms with Crippen molar-refractivity contribution in [2.24, 2.45) is 20.5 Å². The van der Waals surface area contributed by atoms with E-state index in [1.165, 1.54) is 72.8 Å². The summed E-state index contributed by atoms with van der Waals surface area (Å²) in [5.74, 6) is -4.07. The molecule has 0 heterocycles. The molecule has 0 radical (unpaired) electrons. The number of hydrogen-bond donors (Lipinski definition) is 6. The molecule has 0 unspecified atom stereocenters. The Balaban J connectivity index is 0.917. The van der Waals surface area contributed by atoms with E-state index in [2.05, 4.69) is 31.1 Å². The molecule has 0 bridgehead atoms. The minimum Gasteiger partial charge on any atom is -0.506 e. The van der Waals surface area contributed by atoms with Gasteiger partial charge in [0.1, 0.15) is 44.0 Å². The second kappa shape index (κ2) is 21.4. The van der Waals surface area contributed by atoms with Crippen LogP contribution >= 0.6 is 0 Å². The lowest BCUT2D eigenvalue weighted by Crippen LogP contribution is -2.23. The van der Waals surface area contributed by atoms with Crippen LogP contribution in [0, 0.1) is 13.8 Å². The number of phenols is 2. The molecular weight excluding hydrogens is 1100 g/mol. The number of allylic oxidation sites excluding steroid dienone is 2. The first-order valence-electron chi connectivity index (χ1n) is 25.5. The predicted molar refractivity (Wildman–Crippen MR) is 307 cm³/mol. The average molecular weight is 1150 g/mol. The quantitative estimate of drug-likeness (QED) is 0.0376. The maximum Gasteiger partial charge on any atom is 0.296 e. The largest absolute Gasteiger partial charge is 0.506 e. The Morgan fingerprint density at radius 1 is 0.434 bits per heavy atom. The summed E-state index contributed by atoms with van der Waals surface area (Å²) in [7, 11) is -10.4. The van der Waals surface area contributed by atoms with E-state index in [4.69, 9.17) is 0 Å². The number of rotatable bonds is 12. The standard InChI is InChI=1S/C62H44N6O13S2/c1-32-14-20-38(21-15-32)63-46-30-50(82(76,77)78)56(54-52(46)59(72)40-10-3-5-12-42(40)61(54)74)67-65-44-28-34(18-24-48(44)69)26-36-8-7-9-37(58(36)71)27-35-19-25-49(70)45(29-35)66-68-57-51(83(79,80)81)31-47(64-39-22-16-33(2)17-23-39)53-55(57)62(75)43-13-6-4-11-41(43)60(53)73/h3-6,10-31,63-64,69-70H,7-9H2,1-2H3,(H,76,77,78)(H,79,80,81)/b36-26+,37-27+,67-65?,68-66?. The molecule has 19 nitrogen and oxygen atoms in total. The molecule has 21 heteroatoms. The van der Waals surface area contributed by atoms with Crippen molar-refractivity contribution in [3.63, 3.8) is 0 Å². The van der Waals surface area contributed by atoms with Crippen LogP contribution in [0.1, 0.15) is 105 Å². The molecule has 11 rings (SSSR count). The lowest BCUT2D eigenvalue weighted by Gasteiger charge is -2.23. The van der Waals surface area contributed by atoms with Crippen molar-refractivity contribution >= 4 is 107 Å². The van der Waals surface area contributed by atoms with Crippen molar-refractivity contribution in [2.75, 3.05) is 10.6 Å². The van der Waals surface area contributed by atoms with Crippen LogP contribution in [0.2, 0.25) is 0 Å². The number of nitrogens with zero attached hydrogens (tertiary/aromatic N) is 4. The van der Waals surface area contributed by atoms with Gasteiger partial charge in [-0.3, -0.25) is 33.1 Å². The van der Waals surface area contributed by atoms with Gasteiger partial charge in [-0.15, -0.1) is 20.5 Å². The molecule has 412 valence electrons. The molecular formula is C62H44N6O13S2. The zero-order valence-corrected chi connectivity index (χ0v) is 45.3. The molecule has 8 aromatic rings. The molecule has 0 saturated heterocycles. The molecule has 0 atom stereocenters. The third-order valence-corrected chi connectivity index (χ3v) is 15.9. The number of aromatic hydroxyl groups is 2. The van der Waals surface area contributed by atoms with E-state index >= 15 is 0 Å². The summed E-state index contributed by atoms with van der Waals surface area (Å²) in [6.45, 7) is 3.72. The topological polar surface area (TPSA) is 308 Å². The van der Waals surface area contributed by atoms with E-state index in [1.807, 2.05) is 13.8 Å². The molecule has 6 N–H and O–H groups in total. The second-order valence-electron chi connectivity index (χ2n) is 19.8. The van der Waals surface area contributed by atoms with E-state index in [1.54, 1.807) is 72.8 Å². The zero-order chi connectivity index (χ0) is 58.6. The minimum atomic E-state index is -5.18. The van der Waals surface area contributed by atoms with Crippen LogP contribution in [0.25, 0.3) is 12.2 Å². The van der Waals surface area contributed by atoms with Crippen LogP contribution in [0.15, 0.2) is 187 Å². The van der Waals surface area contributed by atoms with Crippen molar-refractivity contribution in [3.8, 4) is 11.5 Å². The van der Waals surface area contributed by atoms with E-state index in [0.29, 0.717) is 52.9 Å². The fourth-order valence-corrected chi connectivity index (χ4v) is 11.4. The Bertz CT molecular complexity index is 4260. The van der Waals surface area contributed by atoms with Gasteiger partial charge in [0.2, 0.25) is 0 Å². The summed E-state index contributed by atoms with van der Waals surface area (Å²) in [4.78, 5) is 69.5.